The van der Waals surface area contributed by atoms with E-state index in [0.29, 0.717) is 13.2 Å². The first-order valence-electron chi connectivity index (χ1n) is 8.49. The average Bonchev–Trinajstić information content (AvgIpc) is 2.60. The van der Waals surface area contributed by atoms with Crippen molar-refractivity contribution < 1.29 is 9.84 Å². The van der Waals surface area contributed by atoms with Gasteiger partial charge in [-0.2, -0.15) is 0 Å². The number of hydrogen-bond donors (Lipinski definition) is 1. The van der Waals surface area contributed by atoms with Gasteiger partial charge in [-0.1, -0.05) is 43.3 Å². The van der Waals surface area contributed by atoms with E-state index >= 15 is 0 Å². The lowest BCUT2D eigenvalue weighted by molar-refractivity contribution is 0.0474. The van der Waals surface area contributed by atoms with E-state index in [1.807, 2.05) is 24.3 Å². The summed E-state index contributed by atoms with van der Waals surface area (Å²) in [5.74, 6) is 0.845. The van der Waals surface area contributed by atoms with Gasteiger partial charge >= 0.3 is 0 Å². The molecule has 1 atom stereocenters. The molecule has 1 saturated heterocycles. The van der Waals surface area contributed by atoms with Crippen LogP contribution in [0.4, 0.5) is 0 Å². The van der Waals surface area contributed by atoms with Crippen LogP contribution in [0.1, 0.15) is 6.92 Å². The van der Waals surface area contributed by atoms with E-state index in [1.54, 1.807) is 0 Å². The quantitative estimate of drug-likeness (QED) is 0.887. The normalized spacial score (nSPS) is 18.2. The van der Waals surface area contributed by atoms with E-state index < -0.39 is 6.10 Å². The number of nitrogens with zero attached hydrogens (tertiary/aromatic N) is 2. The molecule has 1 unspecified atom stereocenters. The van der Waals surface area contributed by atoms with E-state index in [-0.39, 0.29) is 0 Å². The summed E-state index contributed by atoms with van der Waals surface area (Å²) in [6, 6.07) is 14.2. The highest BCUT2D eigenvalue weighted by atomic mass is 16.5. The van der Waals surface area contributed by atoms with Crippen LogP contribution in [0.2, 0.25) is 0 Å². The van der Waals surface area contributed by atoms with Crippen molar-refractivity contribution in [2.75, 3.05) is 45.9 Å². The lowest BCUT2D eigenvalue weighted by atomic mass is 10.1. The molecule has 0 amide bonds. The second-order valence-electron chi connectivity index (χ2n) is 6.18. The summed E-state index contributed by atoms with van der Waals surface area (Å²) in [7, 11) is 0. The van der Waals surface area contributed by atoms with Gasteiger partial charge in [0.15, 0.2) is 0 Å². The molecule has 2 aromatic rings. The first-order valence-corrected chi connectivity index (χ1v) is 8.49. The van der Waals surface area contributed by atoms with Gasteiger partial charge in [-0.05, 0) is 18.0 Å². The van der Waals surface area contributed by atoms with Crippen LogP contribution in [0.15, 0.2) is 42.5 Å². The van der Waals surface area contributed by atoms with Crippen LogP contribution < -0.4 is 4.74 Å². The highest BCUT2D eigenvalue weighted by molar-refractivity contribution is 5.88. The number of aliphatic hydroxyl groups excluding tert-OH is 1. The van der Waals surface area contributed by atoms with Crippen molar-refractivity contribution in [3.8, 4) is 5.75 Å². The smallest absolute Gasteiger partial charge is 0.127 e. The van der Waals surface area contributed by atoms with Crippen LogP contribution in [-0.4, -0.2) is 66.9 Å². The number of likely N-dealkylation sites (N-methyl/N-ethyl adjacent to an activating group) is 1. The zero-order valence-electron chi connectivity index (χ0n) is 13.8. The van der Waals surface area contributed by atoms with Crippen LogP contribution in [0.25, 0.3) is 10.8 Å². The Labute approximate surface area is 138 Å². The van der Waals surface area contributed by atoms with Gasteiger partial charge in [0, 0.05) is 38.1 Å². The molecule has 0 bridgehead atoms. The van der Waals surface area contributed by atoms with Crippen LogP contribution in [0.5, 0.6) is 5.75 Å². The molecule has 23 heavy (non-hydrogen) atoms. The summed E-state index contributed by atoms with van der Waals surface area (Å²) in [4.78, 5) is 4.76. The lowest BCUT2D eigenvalue weighted by Crippen LogP contribution is -2.49. The molecule has 0 aromatic heterocycles. The van der Waals surface area contributed by atoms with Crippen molar-refractivity contribution in [3.05, 3.63) is 42.5 Å². The number of piperazine rings is 1. The SMILES string of the molecule is CCN1CCN(CC(O)COc2cccc3ccccc23)CC1. The summed E-state index contributed by atoms with van der Waals surface area (Å²) >= 11 is 0. The maximum Gasteiger partial charge on any atom is 0.127 e. The van der Waals surface area contributed by atoms with E-state index in [9.17, 15) is 5.11 Å². The van der Waals surface area contributed by atoms with Crippen molar-refractivity contribution in [1.82, 2.24) is 9.80 Å². The Morgan fingerprint density at radius 3 is 2.48 bits per heavy atom. The monoisotopic (exact) mass is 314 g/mol. The average molecular weight is 314 g/mol. The molecule has 1 heterocycles. The van der Waals surface area contributed by atoms with Gasteiger partial charge in [0.2, 0.25) is 0 Å². The first-order chi connectivity index (χ1) is 11.3. The molecule has 0 saturated carbocycles. The lowest BCUT2D eigenvalue weighted by Gasteiger charge is -2.34. The van der Waals surface area contributed by atoms with Crippen molar-refractivity contribution >= 4 is 10.8 Å². The number of fused-ring (bicyclic) bond motifs is 1. The topological polar surface area (TPSA) is 35.9 Å². The molecule has 1 aliphatic rings. The standard InChI is InChI=1S/C19H26N2O2/c1-2-20-10-12-21(13-11-20)14-17(22)15-23-19-9-5-7-16-6-3-4-8-18(16)19/h3-9,17,22H,2,10-15H2,1H3. The fraction of sp³-hybridized carbons (Fsp3) is 0.474. The maximum absolute atomic E-state index is 10.3. The Bertz CT molecular complexity index is 618. The minimum Gasteiger partial charge on any atom is -0.490 e. The van der Waals surface area contributed by atoms with Crippen LogP contribution in [0, 0.1) is 0 Å². The molecule has 1 fully saturated rings. The van der Waals surface area contributed by atoms with E-state index in [0.717, 1.165) is 49.2 Å². The van der Waals surface area contributed by atoms with E-state index in [4.69, 9.17) is 4.74 Å². The third-order valence-electron chi connectivity index (χ3n) is 4.56. The predicted octanol–water partition coefficient (Wildman–Crippen LogP) is 2.22. The van der Waals surface area contributed by atoms with E-state index in [1.165, 1.54) is 0 Å². The third-order valence-corrected chi connectivity index (χ3v) is 4.56. The summed E-state index contributed by atoms with van der Waals surface area (Å²) in [6.07, 6.45) is -0.456. The Hall–Kier alpha value is -1.62. The second-order valence-corrected chi connectivity index (χ2v) is 6.18. The molecule has 4 nitrogen and oxygen atoms in total. The van der Waals surface area contributed by atoms with Crippen molar-refractivity contribution in [1.29, 1.82) is 0 Å². The van der Waals surface area contributed by atoms with Crippen LogP contribution >= 0.6 is 0 Å². The molecule has 1 N–H and O–H groups in total. The molecular weight excluding hydrogens is 288 g/mol. The molecule has 124 valence electrons. The number of β-amino-alcohol motifs (C(OH)–C–C–N with tert-alkyl or cyclic N) is 1. The largest absolute Gasteiger partial charge is 0.490 e. The third kappa shape index (κ3) is 4.22. The zero-order chi connectivity index (χ0) is 16.1. The summed E-state index contributed by atoms with van der Waals surface area (Å²) in [6.45, 7) is 8.56. The predicted molar refractivity (Wildman–Crippen MR) is 94.0 cm³/mol. The zero-order valence-corrected chi connectivity index (χ0v) is 13.8. The molecule has 4 heteroatoms. The van der Waals surface area contributed by atoms with Gasteiger partial charge < -0.3 is 14.7 Å². The first kappa shape index (κ1) is 16.2. The van der Waals surface area contributed by atoms with Gasteiger partial charge in [-0.15, -0.1) is 0 Å². The highest BCUT2D eigenvalue weighted by Crippen LogP contribution is 2.25. The molecule has 0 radical (unpaired) electrons. The number of ether oxygens (including phenoxy) is 1. The van der Waals surface area contributed by atoms with Gasteiger partial charge in [0.1, 0.15) is 18.5 Å². The maximum atomic E-state index is 10.3. The van der Waals surface area contributed by atoms with Gasteiger partial charge in [0.25, 0.3) is 0 Å². The Balaban J connectivity index is 1.51. The van der Waals surface area contributed by atoms with Gasteiger partial charge in [-0.25, -0.2) is 0 Å². The molecule has 0 aliphatic carbocycles. The number of aliphatic hydroxyl groups is 1. The Morgan fingerprint density at radius 1 is 1.00 bits per heavy atom. The minimum absolute atomic E-state index is 0.335. The molecular formula is C19H26N2O2. The second kappa shape index (κ2) is 7.77. The highest BCUT2D eigenvalue weighted by Gasteiger charge is 2.18. The van der Waals surface area contributed by atoms with Crippen LogP contribution in [0.3, 0.4) is 0 Å². The molecule has 0 spiro atoms. The van der Waals surface area contributed by atoms with Crippen molar-refractivity contribution in [2.24, 2.45) is 0 Å². The van der Waals surface area contributed by atoms with Gasteiger partial charge in [0.05, 0.1) is 0 Å². The Morgan fingerprint density at radius 2 is 1.70 bits per heavy atom. The number of rotatable bonds is 6. The Kier molecular flexibility index (Phi) is 5.49. The fourth-order valence-electron chi connectivity index (χ4n) is 3.15. The fourth-order valence-corrected chi connectivity index (χ4v) is 3.15. The summed E-state index contributed by atoms with van der Waals surface area (Å²) < 4.78 is 5.88. The summed E-state index contributed by atoms with van der Waals surface area (Å²) in [5.41, 5.74) is 0. The van der Waals surface area contributed by atoms with E-state index in [2.05, 4.69) is 34.9 Å². The van der Waals surface area contributed by atoms with Crippen molar-refractivity contribution in [3.63, 3.8) is 0 Å². The van der Waals surface area contributed by atoms with Gasteiger partial charge in [-0.3, -0.25) is 4.90 Å². The molecule has 2 aromatic carbocycles. The molecule has 1 aliphatic heterocycles. The number of hydrogen-bond acceptors (Lipinski definition) is 4. The van der Waals surface area contributed by atoms with Crippen LogP contribution in [-0.2, 0) is 0 Å². The van der Waals surface area contributed by atoms with Crippen molar-refractivity contribution in [2.45, 2.75) is 13.0 Å². The number of benzene rings is 2. The molecule has 3 rings (SSSR count). The minimum atomic E-state index is -0.456. The summed E-state index contributed by atoms with van der Waals surface area (Å²) in [5, 5.41) is 12.5.